The summed E-state index contributed by atoms with van der Waals surface area (Å²) in [5.41, 5.74) is 1.37. The van der Waals surface area contributed by atoms with Gasteiger partial charge in [0.15, 0.2) is 0 Å². The maximum atomic E-state index is 11.9. The number of aryl methyl sites for hydroxylation is 2. The Morgan fingerprint density at radius 3 is 2.78 bits per heavy atom. The minimum atomic E-state index is -0.804. The van der Waals surface area contributed by atoms with Crippen LogP contribution < -0.4 is 5.32 Å². The first-order valence-electron chi connectivity index (χ1n) is 6.07. The standard InChI is InChI=1S/C12H19N3O3/c1-3-10-9(8-15(2)14-10)12(18)13-7-5-4-6-11(16)17/h8H,3-7H2,1-2H3,(H,13,18)(H,16,17). The van der Waals surface area contributed by atoms with E-state index in [9.17, 15) is 9.59 Å². The molecule has 2 N–H and O–H groups in total. The van der Waals surface area contributed by atoms with Crippen LogP contribution in [0.5, 0.6) is 0 Å². The lowest BCUT2D eigenvalue weighted by molar-refractivity contribution is -0.137. The van der Waals surface area contributed by atoms with Gasteiger partial charge in [-0.1, -0.05) is 6.92 Å². The minimum Gasteiger partial charge on any atom is -0.481 e. The first kappa shape index (κ1) is 14.2. The number of aromatic nitrogens is 2. The molecule has 0 unspecified atom stereocenters. The molecule has 1 heterocycles. The SMILES string of the molecule is CCc1nn(C)cc1C(=O)NCCCCC(=O)O. The van der Waals surface area contributed by atoms with E-state index in [-0.39, 0.29) is 12.3 Å². The number of nitrogens with zero attached hydrogens (tertiary/aromatic N) is 2. The maximum Gasteiger partial charge on any atom is 0.303 e. The second-order valence-electron chi connectivity index (χ2n) is 4.12. The third kappa shape index (κ3) is 4.20. The van der Waals surface area contributed by atoms with Gasteiger partial charge in [-0.05, 0) is 19.3 Å². The van der Waals surface area contributed by atoms with E-state index in [1.807, 2.05) is 6.92 Å². The van der Waals surface area contributed by atoms with E-state index in [4.69, 9.17) is 5.11 Å². The molecular formula is C12H19N3O3. The molecule has 0 fully saturated rings. The van der Waals surface area contributed by atoms with Crippen molar-refractivity contribution in [2.75, 3.05) is 6.54 Å². The highest BCUT2D eigenvalue weighted by Gasteiger charge is 2.13. The highest BCUT2D eigenvalue weighted by molar-refractivity contribution is 5.95. The summed E-state index contributed by atoms with van der Waals surface area (Å²) in [6.07, 6.45) is 3.79. The van der Waals surface area contributed by atoms with Crippen molar-refractivity contribution in [2.24, 2.45) is 7.05 Å². The van der Waals surface area contributed by atoms with Crippen LogP contribution in [0.15, 0.2) is 6.20 Å². The Kier molecular flexibility index (Phi) is 5.35. The number of carboxylic acids is 1. The zero-order chi connectivity index (χ0) is 13.5. The van der Waals surface area contributed by atoms with Crippen LogP contribution in [-0.4, -0.2) is 33.3 Å². The molecule has 0 saturated carbocycles. The van der Waals surface area contributed by atoms with Crippen molar-refractivity contribution in [3.63, 3.8) is 0 Å². The molecule has 6 nitrogen and oxygen atoms in total. The fraction of sp³-hybridized carbons (Fsp3) is 0.583. The van der Waals surface area contributed by atoms with E-state index >= 15 is 0 Å². The van der Waals surface area contributed by atoms with Crippen molar-refractivity contribution < 1.29 is 14.7 Å². The lowest BCUT2D eigenvalue weighted by Crippen LogP contribution is -2.25. The van der Waals surface area contributed by atoms with Crippen LogP contribution in [0.2, 0.25) is 0 Å². The van der Waals surface area contributed by atoms with E-state index < -0.39 is 5.97 Å². The van der Waals surface area contributed by atoms with Crippen LogP contribution in [-0.2, 0) is 18.3 Å². The molecule has 1 aromatic heterocycles. The number of hydrogen-bond donors (Lipinski definition) is 2. The highest BCUT2D eigenvalue weighted by Crippen LogP contribution is 2.06. The van der Waals surface area contributed by atoms with E-state index in [1.165, 1.54) is 0 Å². The van der Waals surface area contributed by atoms with Crippen LogP contribution in [0.4, 0.5) is 0 Å². The number of carboxylic acid groups (broad SMARTS) is 1. The molecule has 0 aliphatic carbocycles. The van der Waals surface area contributed by atoms with Crippen molar-refractivity contribution >= 4 is 11.9 Å². The summed E-state index contributed by atoms with van der Waals surface area (Å²) >= 11 is 0. The number of hydrogen-bond acceptors (Lipinski definition) is 3. The third-order valence-corrected chi connectivity index (χ3v) is 2.59. The van der Waals surface area contributed by atoms with Crippen LogP contribution in [0.25, 0.3) is 0 Å². The summed E-state index contributed by atoms with van der Waals surface area (Å²) < 4.78 is 1.62. The number of unbranched alkanes of at least 4 members (excludes halogenated alkanes) is 1. The van der Waals surface area contributed by atoms with Gasteiger partial charge >= 0.3 is 5.97 Å². The highest BCUT2D eigenvalue weighted by atomic mass is 16.4. The van der Waals surface area contributed by atoms with Gasteiger partial charge in [0.1, 0.15) is 0 Å². The topological polar surface area (TPSA) is 84.2 Å². The van der Waals surface area contributed by atoms with Crippen LogP contribution >= 0.6 is 0 Å². The van der Waals surface area contributed by atoms with Crippen LogP contribution in [0.1, 0.15) is 42.2 Å². The summed E-state index contributed by atoms with van der Waals surface area (Å²) in [5.74, 6) is -0.947. The molecule has 0 radical (unpaired) electrons. The number of nitrogens with one attached hydrogen (secondary N) is 1. The van der Waals surface area contributed by atoms with Crippen molar-refractivity contribution in [3.8, 4) is 0 Å². The number of carbonyl (C=O) groups is 2. The molecule has 1 amide bonds. The molecule has 0 atom stereocenters. The first-order valence-corrected chi connectivity index (χ1v) is 6.07. The van der Waals surface area contributed by atoms with E-state index in [1.54, 1.807) is 17.9 Å². The van der Waals surface area contributed by atoms with Gasteiger partial charge in [-0.2, -0.15) is 5.10 Å². The van der Waals surface area contributed by atoms with Gasteiger partial charge < -0.3 is 10.4 Å². The Balaban J connectivity index is 2.38. The number of aliphatic carboxylic acids is 1. The largest absolute Gasteiger partial charge is 0.481 e. The fourth-order valence-electron chi connectivity index (χ4n) is 1.68. The fourth-order valence-corrected chi connectivity index (χ4v) is 1.68. The number of amides is 1. The predicted molar refractivity (Wildman–Crippen MR) is 66.4 cm³/mol. The summed E-state index contributed by atoms with van der Waals surface area (Å²) in [4.78, 5) is 22.2. The molecule has 0 aromatic carbocycles. The molecule has 100 valence electrons. The quantitative estimate of drug-likeness (QED) is 0.709. The van der Waals surface area contributed by atoms with E-state index in [0.29, 0.717) is 31.4 Å². The van der Waals surface area contributed by atoms with Gasteiger partial charge in [-0.15, -0.1) is 0 Å². The molecule has 0 saturated heterocycles. The molecule has 0 aliphatic heterocycles. The Bertz CT molecular complexity index is 426. The lowest BCUT2D eigenvalue weighted by Gasteiger charge is -2.03. The molecule has 0 spiro atoms. The minimum absolute atomic E-state index is 0.142. The summed E-state index contributed by atoms with van der Waals surface area (Å²) in [6.45, 7) is 2.44. The molecular weight excluding hydrogens is 234 g/mol. The molecule has 1 rings (SSSR count). The predicted octanol–water partition coefficient (Wildman–Crippen LogP) is 0.967. The normalized spacial score (nSPS) is 10.3. The first-order chi connectivity index (χ1) is 8.54. The van der Waals surface area contributed by atoms with Crippen molar-refractivity contribution in [1.29, 1.82) is 0 Å². The van der Waals surface area contributed by atoms with Crippen LogP contribution in [0, 0.1) is 0 Å². The average Bonchev–Trinajstić information content (AvgIpc) is 2.69. The van der Waals surface area contributed by atoms with E-state index in [0.717, 1.165) is 5.69 Å². The number of rotatable bonds is 7. The van der Waals surface area contributed by atoms with Gasteiger partial charge in [0.05, 0.1) is 11.3 Å². The zero-order valence-corrected chi connectivity index (χ0v) is 10.8. The molecule has 6 heteroatoms. The average molecular weight is 253 g/mol. The van der Waals surface area contributed by atoms with Crippen molar-refractivity contribution in [2.45, 2.75) is 32.6 Å². The Morgan fingerprint density at radius 2 is 2.17 bits per heavy atom. The summed E-state index contributed by atoms with van der Waals surface area (Å²) in [5, 5.41) is 15.4. The zero-order valence-electron chi connectivity index (χ0n) is 10.8. The maximum absolute atomic E-state index is 11.9. The third-order valence-electron chi connectivity index (χ3n) is 2.59. The Labute approximate surface area is 106 Å². The molecule has 0 bridgehead atoms. The van der Waals surface area contributed by atoms with Gasteiger partial charge in [-0.3, -0.25) is 14.3 Å². The Morgan fingerprint density at radius 1 is 1.44 bits per heavy atom. The van der Waals surface area contributed by atoms with Crippen LogP contribution in [0.3, 0.4) is 0 Å². The second-order valence-corrected chi connectivity index (χ2v) is 4.12. The van der Waals surface area contributed by atoms with Gasteiger partial charge in [-0.25, -0.2) is 0 Å². The van der Waals surface area contributed by atoms with Crippen molar-refractivity contribution in [1.82, 2.24) is 15.1 Å². The van der Waals surface area contributed by atoms with Gasteiger partial charge in [0.2, 0.25) is 0 Å². The van der Waals surface area contributed by atoms with E-state index in [2.05, 4.69) is 10.4 Å². The molecule has 18 heavy (non-hydrogen) atoms. The molecule has 0 aliphatic rings. The lowest BCUT2D eigenvalue weighted by atomic mass is 10.2. The Hall–Kier alpha value is -1.85. The summed E-state index contributed by atoms with van der Waals surface area (Å²) in [6, 6.07) is 0. The van der Waals surface area contributed by atoms with Crippen molar-refractivity contribution in [3.05, 3.63) is 17.5 Å². The smallest absolute Gasteiger partial charge is 0.303 e. The van der Waals surface area contributed by atoms with Gasteiger partial charge in [0, 0.05) is 26.2 Å². The summed E-state index contributed by atoms with van der Waals surface area (Å²) in [7, 11) is 1.78. The number of carbonyl (C=O) groups excluding carboxylic acids is 1. The monoisotopic (exact) mass is 253 g/mol. The molecule has 1 aromatic rings. The second kappa shape index (κ2) is 6.78. The van der Waals surface area contributed by atoms with Gasteiger partial charge in [0.25, 0.3) is 5.91 Å².